The monoisotopic (exact) mass is 279 g/mol. The van der Waals surface area contributed by atoms with Gasteiger partial charge in [-0.3, -0.25) is 9.59 Å². The highest BCUT2D eigenvalue weighted by Gasteiger charge is 2.12. The van der Waals surface area contributed by atoms with Crippen LogP contribution in [-0.2, 0) is 9.59 Å². The van der Waals surface area contributed by atoms with Gasteiger partial charge in [-0.05, 0) is 36.6 Å². The smallest absolute Gasteiger partial charge is 0.303 e. The number of ether oxygens (including phenoxy) is 1. The van der Waals surface area contributed by atoms with E-state index in [0.717, 1.165) is 12.2 Å². The summed E-state index contributed by atoms with van der Waals surface area (Å²) in [6.07, 6.45) is 1.14. The Kier molecular flexibility index (Phi) is 6.56. The molecular formula is C15H21NO4. The van der Waals surface area contributed by atoms with Gasteiger partial charge in [0.05, 0.1) is 6.61 Å². The summed E-state index contributed by atoms with van der Waals surface area (Å²) in [5.41, 5.74) is 0.682. The molecule has 0 saturated carbocycles. The van der Waals surface area contributed by atoms with Crippen LogP contribution in [-0.4, -0.2) is 23.6 Å². The number of aliphatic carboxylic acids is 1. The minimum absolute atomic E-state index is 0.00276. The molecule has 2 N–H and O–H groups in total. The molecule has 0 radical (unpaired) electrons. The SMILES string of the molecule is CCCOc1ccc(NC(=O)CC(C)CC(=O)O)cc1. The summed E-state index contributed by atoms with van der Waals surface area (Å²) < 4.78 is 5.45. The van der Waals surface area contributed by atoms with Crippen LogP contribution in [0.4, 0.5) is 5.69 Å². The zero-order valence-electron chi connectivity index (χ0n) is 11.9. The predicted octanol–water partition coefficient (Wildman–Crippen LogP) is 2.91. The fourth-order valence-electron chi connectivity index (χ4n) is 1.75. The normalized spacial score (nSPS) is 11.7. The third-order valence-electron chi connectivity index (χ3n) is 2.67. The molecule has 0 spiro atoms. The standard InChI is InChI=1S/C15H21NO4/c1-3-8-20-13-6-4-12(5-7-13)16-14(17)9-11(2)10-15(18)19/h4-7,11H,3,8-10H2,1-2H3,(H,16,17)(H,18,19). The molecule has 1 aromatic rings. The van der Waals surface area contributed by atoms with E-state index in [1.165, 1.54) is 0 Å². The molecule has 1 atom stereocenters. The van der Waals surface area contributed by atoms with Crippen LogP contribution in [0.15, 0.2) is 24.3 Å². The molecular weight excluding hydrogens is 258 g/mol. The number of rotatable bonds is 8. The number of hydrogen-bond donors (Lipinski definition) is 2. The maximum atomic E-state index is 11.7. The number of carbonyl (C=O) groups is 2. The maximum absolute atomic E-state index is 11.7. The van der Waals surface area contributed by atoms with Crippen molar-refractivity contribution in [1.29, 1.82) is 0 Å². The van der Waals surface area contributed by atoms with Gasteiger partial charge in [0.1, 0.15) is 5.75 Å². The Hall–Kier alpha value is -2.04. The Morgan fingerprint density at radius 3 is 2.45 bits per heavy atom. The van der Waals surface area contributed by atoms with Crippen LogP contribution < -0.4 is 10.1 Å². The highest BCUT2D eigenvalue weighted by atomic mass is 16.5. The number of carboxylic acids is 1. The quantitative estimate of drug-likeness (QED) is 0.767. The second kappa shape index (κ2) is 8.19. The molecule has 0 bridgehead atoms. The summed E-state index contributed by atoms with van der Waals surface area (Å²) >= 11 is 0. The lowest BCUT2D eigenvalue weighted by atomic mass is 10.0. The largest absolute Gasteiger partial charge is 0.494 e. The Morgan fingerprint density at radius 1 is 1.25 bits per heavy atom. The fraction of sp³-hybridized carbons (Fsp3) is 0.467. The lowest BCUT2D eigenvalue weighted by molar-refractivity contribution is -0.138. The Balaban J connectivity index is 2.43. The first kappa shape index (κ1) is 16.0. The van der Waals surface area contributed by atoms with Gasteiger partial charge < -0.3 is 15.2 Å². The van der Waals surface area contributed by atoms with E-state index in [9.17, 15) is 9.59 Å². The van der Waals surface area contributed by atoms with Gasteiger partial charge in [-0.1, -0.05) is 13.8 Å². The van der Waals surface area contributed by atoms with Crippen LogP contribution in [0.5, 0.6) is 5.75 Å². The molecule has 0 heterocycles. The minimum Gasteiger partial charge on any atom is -0.494 e. The van der Waals surface area contributed by atoms with Gasteiger partial charge in [0, 0.05) is 18.5 Å². The summed E-state index contributed by atoms with van der Waals surface area (Å²) in [5, 5.41) is 11.4. The van der Waals surface area contributed by atoms with Gasteiger partial charge in [-0.15, -0.1) is 0 Å². The maximum Gasteiger partial charge on any atom is 0.303 e. The van der Waals surface area contributed by atoms with Crippen LogP contribution in [0, 0.1) is 5.92 Å². The third-order valence-corrected chi connectivity index (χ3v) is 2.67. The summed E-state index contributed by atoms with van der Waals surface area (Å²) in [6, 6.07) is 7.13. The molecule has 110 valence electrons. The average molecular weight is 279 g/mol. The molecule has 1 amide bonds. The lowest BCUT2D eigenvalue weighted by Crippen LogP contribution is -2.16. The number of nitrogens with one attached hydrogen (secondary N) is 1. The van der Waals surface area contributed by atoms with E-state index in [2.05, 4.69) is 5.32 Å². The topological polar surface area (TPSA) is 75.6 Å². The Bertz CT molecular complexity index is 442. The van der Waals surface area contributed by atoms with Crippen molar-refractivity contribution >= 4 is 17.6 Å². The van der Waals surface area contributed by atoms with Crippen molar-refractivity contribution in [3.63, 3.8) is 0 Å². The van der Waals surface area contributed by atoms with Gasteiger partial charge in [-0.25, -0.2) is 0 Å². The van der Waals surface area contributed by atoms with Crippen LogP contribution in [0.3, 0.4) is 0 Å². The molecule has 1 rings (SSSR count). The second-order valence-electron chi connectivity index (χ2n) is 4.83. The van der Waals surface area contributed by atoms with E-state index in [-0.39, 0.29) is 24.7 Å². The predicted molar refractivity (Wildman–Crippen MR) is 76.9 cm³/mol. The summed E-state index contributed by atoms with van der Waals surface area (Å²) in [5.74, 6) is -0.479. The van der Waals surface area contributed by atoms with Crippen molar-refractivity contribution < 1.29 is 19.4 Å². The number of carboxylic acid groups (broad SMARTS) is 1. The van der Waals surface area contributed by atoms with Gasteiger partial charge in [-0.2, -0.15) is 0 Å². The first-order valence-electron chi connectivity index (χ1n) is 6.75. The molecule has 20 heavy (non-hydrogen) atoms. The van der Waals surface area contributed by atoms with E-state index in [1.807, 2.05) is 6.92 Å². The van der Waals surface area contributed by atoms with E-state index in [1.54, 1.807) is 31.2 Å². The highest BCUT2D eigenvalue weighted by molar-refractivity contribution is 5.91. The van der Waals surface area contributed by atoms with E-state index in [4.69, 9.17) is 9.84 Å². The number of carbonyl (C=O) groups excluding carboxylic acids is 1. The first-order valence-corrected chi connectivity index (χ1v) is 6.75. The minimum atomic E-state index is -0.886. The van der Waals surface area contributed by atoms with Crippen LogP contribution in [0.25, 0.3) is 0 Å². The van der Waals surface area contributed by atoms with Crippen molar-refractivity contribution in [3.8, 4) is 5.75 Å². The number of amides is 1. The molecule has 1 unspecified atom stereocenters. The molecule has 0 aromatic heterocycles. The Labute approximate surface area is 118 Å². The van der Waals surface area contributed by atoms with Gasteiger partial charge >= 0.3 is 5.97 Å². The molecule has 0 aliphatic heterocycles. The first-order chi connectivity index (χ1) is 9.51. The van der Waals surface area contributed by atoms with E-state index in [0.29, 0.717) is 12.3 Å². The average Bonchev–Trinajstić information content (AvgIpc) is 2.36. The lowest BCUT2D eigenvalue weighted by Gasteiger charge is -2.10. The number of hydrogen-bond acceptors (Lipinski definition) is 3. The second-order valence-corrected chi connectivity index (χ2v) is 4.83. The zero-order chi connectivity index (χ0) is 15.0. The fourth-order valence-corrected chi connectivity index (χ4v) is 1.75. The molecule has 5 nitrogen and oxygen atoms in total. The highest BCUT2D eigenvalue weighted by Crippen LogP contribution is 2.17. The Morgan fingerprint density at radius 2 is 1.90 bits per heavy atom. The van der Waals surface area contributed by atoms with Gasteiger partial charge in [0.2, 0.25) is 5.91 Å². The van der Waals surface area contributed by atoms with Crippen molar-refractivity contribution in [2.24, 2.45) is 5.92 Å². The third kappa shape index (κ3) is 6.22. The molecule has 0 aliphatic rings. The van der Waals surface area contributed by atoms with Crippen molar-refractivity contribution in [1.82, 2.24) is 0 Å². The number of benzene rings is 1. The van der Waals surface area contributed by atoms with Gasteiger partial charge in [0.25, 0.3) is 0 Å². The van der Waals surface area contributed by atoms with E-state index < -0.39 is 5.97 Å². The zero-order valence-corrected chi connectivity index (χ0v) is 11.9. The van der Waals surface area contributed by atoms with Crippen molar-refractivity contribution in [2.75, 3.05) is 11.9 Å². The van der Waals surface area contributed by atoms with Crippen LogP contribution in [0.2, 0.25) is 0 Å². The summed E-state index contributed by atoms with van der Waals surface area (Å²) in [4.78, 5) is 22.3. The molecule has 0 fully saturated rings. The van der Waals surface area contributed by atoms with Gasteiger partial charge in [0.15, 0.2) is 0 Å². The molecule has 5 heteroatoms. The molecule has 1 aromatic carbocycles. The van der Waals surface area contributed by atoms with Crippen molar-refractivity contribution in [3.05, 3.63) is 24.3 Å². The number of anilines is 1. The summed E-state index contributed by atoms with van der Waals surface area (Å²) in [7, 11) is 0. The van der Waals surface area contributed by atoms with Crippen LogP contribution in [0.1, 0.15) is 33.1 Å². The van der Waals surface area contributed by atoms with E-state index >= 15 is 0 Å². The van der Waals surface area contributed by atoms with Crippen LogP contribution >= 0.6 is 0 Å². The molecule has 0 saturated heterocycles. The van der Waals surface area contributed by atoms with Crippen molar-refractivity contribution in [2.45, 2.75) is 33.1 Å². The molecule has 0 aliphatic carbocycles. The summed E-state index contributed by atoms with van der Waals surface area (Å²) in [6.45, 7) is 4.45.